The zero-order chi connectivity index (χ0) is 16.3. The van der Waals surface area contributed by atoms with E-state index in [1.807, 2.05) is 13.8 Å². The normalized spacial score (nSPS) is 19.1. The number of hydrogen-bond acceptors (Lipinski definition) is 2. The summed E-state index contributed by atoms with van der Waals surface area (Å²) >= 11 is 0. The maximum absolute atomic E-state index is 8.07. The van der Waals surface area contributed by atoms with E-state index < -0.39 is 0 Å². The molecule has 21 heavy (non-hydrogen) atoms. The minimum absolute atomic E-state index is 0.344. The monoisotopic (exact) mass is 301 g/mol. The van der Waals surface area contributed by atoms with Crippen molar-refractivity contribution < 1.29 is 5.11 Å². The topological polar surface area (TPSA) is 46.2 Å². The van der Waals surface area contributed by atoms with E-state index in [1.54, 1.807) is 0 Å². The summed E-state index contributed by atoms with van der Waals surface area (Å²) in [6.07, 6.45) is 16.1. The third-order valence-electron chi connectivity index (χ3n) is 4.06. The van der Waals surface area contributed by atoms with Gasteiger partial charge in [0.15, 0.2) is 0 Å². The molecule has 2 nitrogen and oxygen atoms in total. The van der Waals surface area contributed by atoms with Gasteiger partial charge >= 0.3 is 0 Å². The first kappa shape index (κ1) is 23.2. The molecule has 2 saturated carbocycles. The van der Waals surface area contributed by atoms with E-state index >= 15 is 0 Å². The van der Waals surface area contributed by atoms with Crippen molar-refractivity contribution in [1.29, 1.82) is 0 Å². The van der Waals surface area contributed by atoms with Gasteiger partial charge in [-0.15, -0.1) is 0 Å². The zero-order valence-corrected chi connectivity index (χ0v) is 15.4. The summed E-state index contributed by atoms with van der Waals surface area (Å²) in [5, 5.41) is 8.07. The fourth-order valence-corrected chi connectivity index (χ4v) is 2.60. The molecule has 0 saturated heterocycles. The SMILES string of the molecule is CC.CC1CCCCC1.CCCCO.NC1CCCCC1. The van der Waals surface area contributed by atoms with Gasteiger partial charge in [0.2, 0.25) is 0 Å². The molecule has 0 radical (unpaired) electrons. The lowest BCUT2D eigenvalue weighted by Crippen LogP contribution is -2.22. The fraction of sp³-hybridized carbons (Fsp3) is 1.00. The Morgan fingerprint density at radius 1 is 0.857 bits per heavy atom. The average molecular weight is 302 g/mol. The van der Waals surface area contributed by atoms with Crippen molar-refractivity contribution in [1.82, 2.24) is 0 Å². The first-order valence-corrected chi connectivity index (χ1v) is 9.57. The summed E-state index contributed by atoms with van der Waals surface area (Å²) in [5.74, 6) is 1.04. The van der Waals surface area contributed by atoms with Crippen molar-refractivity contribution in [3.05, 3.63) is 0 Å². The molecule has 2 aliphatic rings. The van der Waals surface area contributed by atoms with Gasteiger partial charge in [0.1, 0.15) is 0 Å². The molecule has 0 atom stereocenters. The Kier molecular flexibility index (Phi) is 22.0. The molecular weight excluding hydrogens is 258 g/mol. The number of rotatable bonds is 2. The van der Waals surface area contributed by atoms with Gasteiger partial charge in [-0.1, -0.05) is 85.5 Å². The van der Waals surface area contributed by atoms with Gasteiger partial charge < -0.3 is 10.8 Å². The Bertz CT molecular complexity index is 143. The predicted molar refractivity (Wildman–Crippen MR) is 96.7 cm³/mol. The van der Waals surface area contributed by atoms with E-state index in [4.69, 9.17) is 10.8 Å². The summed E-state index contributed by atoms with van der Waals surface area (Å²) in [4.78, 5) is 0. The van der Waals surface area contributed by atoms with Gasteiger partial charge in [-0.25, -0.2) is 0 Å². The van der Waals surface area contributed by atoms with E-state index in [0.29, 0.717) is 12.6 Å². The van der Waals surface area contributed by atoms with E-state index in [0.717, 1.165) is 18.8 Å². The molecule has 0 aliphatic heterocycles. The largest absolute Gasteiger partial charge is 0.396 e. The second-order valence-corrected chi connectivity index (χ2v) is 6.22. The van der Waals surface area contributed by atoms with Crippen molar-refractivity contribution in [2.24, 2.45) is 11.7 Å². The molecule has 2 fully saturated rings. The van der Waals surface area contributed by atoms with Crippen LogP contribution in [-0.4, -0.2) is 17.8 Å². The van der Waals surface area contributed by atoms with Gasteiger partial charge in [0, 0.05) is 12.6 Å². The highest BCUT2D eigenvalue weighted by atomic mass is 16.2. The Balaban J connectivity index is 0. The van der Waals surface area contributed by atoms with Crippen LogP contribution in [0.3, 0.4) is 0 Å². The Labute approximate surface area is 134 Å². The summed E-state index contributed by atoms with van der Waals surface area (Å²) < 4.78 is 0. The van der Waals surface area contributed by atoms with E-state index in [9.17, 15) is 0 Å². The van der Waals surface area contributed by atoms with Crippen molar-refractivity contribution in [3.8, 4) is 0 Å². The summed E-state index contributed by atoms with van der Waals surface area (Å²) in [5.41, 5.74) is 5.63. The van der Waals surface area contributed by atoms with Crippen LogP contribution >= 0.6 is 0 Å². The molecule has 0 amide bonds. The molecule has 0 aromatic heterocycles. The maximum atomic E-state index is 8.07. The van der Waals surface area contributed by atoms with Crippen molar-refractivity contribution >= 4 is 0 Å². The molecule has 3 N–H and O–H groups in total. The van der Waals surface area contributed by atoms with Crippen LogP contribution in [0.2, 0.25) is 0 Å². The molecule has 2 heteroatoms. The van der Waals surface area contributed by atoms with Crippen molar-refractivity contribution in [2.75, 3.05) is 6.61 Å². The molecule has 130 valence electrons. The third kappa shape index (κ3) is 19.9. The number of unbranched alkanes of at least 4 members (excludes halogenated alkanes) is 1. The molecule has 0 aromatic carbocycles. The minimum atomic E-state index is 0.344. The number of aliphatic hydroxyl groups is 1. The van der Waals surface area contributed by atoms with Crippen LogP contribution in [0.1, 0.15) is 105 Å². The standard InChI is InChI=1S/C7H14.C6H13N.C4H10O.C2H6/c1-7-5-3-2-4-6-7;7-6-4-2-1-3-5-6;1-2-3-4-5;1-2/h7H,2-6H2,1H3;6H,1-5,7H2;5H,2-4H2,1H3;1-2H3. The highest BCUT2D eigenvalue weighted by Crippen LogP contribution is 2.22. The quantitative estimate of drug-likeness (QED) is 0.690. The second-order valence-electron chi connectivity index (χ2n) is 6.22. The van der Waals surface area contributed by atoms with Crippen LogP contribution in [-0.2, 0) is 0 Å². The summed E-state index contributed by atoms with van der Waals surface area (Å²) in [7, 11) is 0. The Hall–Kier alpha value is -0.0800. The molecule has 0 bridgehead atoms. The van der Waals surface area contributed by atoms with Crippen molar-refractivity contribution in [2.45, 2.75) is 111 Å². The molecule has 0 spiro atoms. The van der Waals surface area contributed by atoms with Gasteiger partial charge in [0.05, 0.1) is 0 Å². The Morgan fingerprint density at radius 3 is 1.43 bits per heavy atom. The highest BCUT2D eigenvalue weighted by Gasteiger charge is 2.06. The van der Waals surface area contributed by atoms with Gasteiger partial charge in [0.25, 0.3) is 0 Å². The molecule has 0 heterocycles. The van der Waals surface area contributed by atoms with Gasteiger partial charge in [-0.3, -0.25) is 0 Å². The highest BCUT2D eigenvalue weighted by molar-refractivity contribution is 4.66. The van der Waals surface area contributed by atoms with Gasteiger partial charge in [-0.05, 0) is 25.2 Å². The Morgan fingerprint density at radius 2 is 1.29 bits per heavy atom. The average Bonchev–Trinajstić information content (AvgIpc) is 2.53. The summed E-state index contributed by atoms with van der Waals surface area (Å²) in [6.45, 7) is 8.76. The van der Waals surface area contributed by atoms with Crippen LogP contribution in [0.5, 0.6) is 0 Å². The molecule has 2 aliphatic carbocycles. The lowest BCUT2D eigenvalue weighted by molar-refractivity contribution is 0.287. The lowest BCUT2D eigenvalue weighted by atomic mass is 9.91. The zero-order valence-electron chi connectivity index (χ0n) is 15.4. The van der Waals surface area contributed by atoms with Crippen molar-refractivity contribution in [3.63, 3.8) is 0 Å². The van der Waals surface area contributed by atoms with Crippen LogP contribution in [0.15, 0.2) is 0 Å². The second kappa shape index (κ2) is 19.9. The molecular formula is C19H43NO. The van der Waals surface area contributed by atoms with E-state index in [2.05, 4.69) is 13.8 Å². The maximum Gasteiger partial charge on any atom is 0.0430 e. The number of hydrogen-bond donors (Lipinski definition) is 2. The first-order valence-electron chi connectivity index (χ1n) is 9.57. The number of aliphatic hydroxyl groups excluding tert-OH is 1. The van der Waals surface area contributed by atoms with Crippen LogP contribution in [0.25, 0.3) is 0 Å². The smallest absolute Gasteiger partial charge is 0.0430 e. The van der Waals surface area contributed by atoms with Gasteiger partial charge in [-0.2, -0.15) is 0 Å². The van der Waals surface area contributed by atoms with Crippen LogP contribution < -0.4 is 5.73 Å². The predicted octanol–water partition coefficient (Wildman–Crippen LogP) is 5.67. The minimum Gasteiger partial charge on any atom is -0.396 e. The number of nitrogens with two attached hydrogens (primary N) is 1. The third-order valence-corrected chi connectivity index (χ3v) is 4.06. The molecule has 0 unspecified atom stereocenters. The van der Waals surface area contributed by atoms with E-state index in [-0.39, 0.29) is 0 Å². The summed E-state index contributed by atoms with van der Waals surface area (Å²) in [6, 6.07) is 0.536. The van der Waals surface area contributed by atoms with E-state index in [1.165, 1.54) is 64.2 Å². The van der Waals surface area contributed by atoms with Crippen LogP contribution in [0.4, 0.5) is 0 Å². The molecule has 0 aromatic rings. The fourth-order valence-electron chi connectivity index (χ4n) is 2.60. The van der Waals surface area contributed by atoms with Crippen LogP contribution in [0, 0.1) is 5.92 Å². The first-order chi connectivity index (χ1) is 10.2. The lowest BCUT2D eigenvalue weighted by Gasteiger charge is -2.15. The molecule has 2 rings (SSSR count).